The van der Waals surface area contributed by atoms with Crippen LogP contribution in [0.1, 0.15) is 18.4 Å². The summed E-state index contributed by atoms with van der Waals surface area (Å²) in [4.78, 5) is 13.7. The SMILES string of the molecule is COC(=O)C1CCCN(c2ccc(C#N)cc2)C1. The molecule has 0 spiro atoms. The fraction of sp³-hybridized carbons (Fsp3) is 0.429. The Bertz CT molecular complexity index is 462. The summed E-state index contributed by atoms with van der Waals surface area (Å²) < 4.78 is 4.80. The van der Waals surface area contributed by atoms with Gasteiger partial charge in [0.25, 0.3) is 0 Å². The van der Waals surface area contributed by atoms with Gasteiger partial charge in [-0.3, -0.25) is 4.79 Å². The summed E-state index contributed by atoms with van der Waals surface area (Å²) >= 11 is 0. The van der Waals surface area contributed by atoms with Crippen molar-refractivity contribution in [1.29, 1.82) is 5.26 Å². The lowest BCUT2D eigenvalue weighted by Gasteiger charge is -2.33. The Hall–Kier alpha value is -2.02. The summed E-state index contributed by atoms with van der Waals surface area (Å²) in [6.07, 6.45) is 1.87. The van der Waals surface area contributed by atoms with E-state index in [0.717, 1.165) is 25.1 Å². The van der Waals surface area contributed by atoms with E-state index in [1.807, 2.05) is 12.1 Å². The molecule has 4 nitrogen and oxygen atoms in total. The molecular weight excluding hydrogens is 228 g/mol. The lowest BCUT2D eigenvalue weighted by atomic mass is 9.97. The van der Waals surface area contributed by atoms with Crippen LogP contribution < -0.4 is 4.90 Å². The first-order valence-electron chi connectivity index (χ1n) is 6.07. The lowest BCUT2D eigenvalue weighted by molar-refractivity contribution is -0.145. The number of methoxy groups -OCH3 is 1. The van der Waals surface area contributed by atoms with Gasteiger partial charge in [0, 0.05) is 18.8 Å². The molecular formula is C14H16N2O2. The number of hydrogen-bond acceptors (Lipinski definition) is 4. The van der Waals surface area contributed by atoms with Crippen molar-refractivity contribution in [2.45, 2.75) is 12.8 Å². The third kappa shape index (κ3) is 2.62. The van der Waals surface area contributed by atoms with E-state index in [2.05, 4.69) is 11.0 Å². The van der Waals surface area contributed by atoms with Crippen molar-refractivity contribution in [3.05, 3.63) is 29.8 Å². The van der Waals surface area contributed by atoms with Crippen molar-refractivity contribution >= 4 is 11.7 Å². The van der Waals surface area contributed by atoms with Gasteiger partial charge in [0.05, 0.1) is 24.7 Å². The Kier molecular flexibility index (Phi) is 3.83. The summed E-state index contributed by atoms with van der Waals surface area (Å²) in [5.41, 5.74) is 1.71. The molecule has 0 saturated carbocycles. The largest absolute Gasteiger partial charge is 0.469 e. The molecule has 1 saturated heterocycles. The third-order valence-electron chi connectivity index (χ3n) is 3.32. The third-order valence-corrected chi connectivity index (χ3v) is 3.32. The van der Waals surface area contributed by atoms with Crippen LogP contribution in [0.5, 0.6) is 0 Å². The van der Waals surface area contributed by atoms with E-state index < -0.39 is 0 Å². The first-order valence-corrected chi connectivity index (χ1v) is 6.07. The van der Waals surface area contributed by atoms with Gasteiger partial charge in [-0.1, -0.05) is 0 Å². The number of nitrogens with zero attached hydrogens (tertiary/aromatic N) is 2. The van der Waals surface area contributed by atoms with Crippen molar-refractivity contribution in [2.75, 3.05) is 25.1 Å². The van der Waals surface area contributed by atoms with E-state index in [4.69, 9.17) is 10.00 Å². The number of esters is 1. The highest BCUT2D eigenvalue weighted by atomic mass is 16.5. The maximum atomic E-state index is 11.6. The highest BCUT2D eigenvalue weighted by Gasteiger charge is 2.26. The van der Waals surface area contributed by atoms with Gasteiger partial charge in [-0.05, 0) is 37.1 Å². The number of carbonyl (C=O) groups is 1. The highest BCUT2D eigenvalue weighted by Crippen LogP contribution is 2.24. The lowest BCUT2D eigenvalue weighted by Crippen LogP contribution is -2.39. The van der Waals surface area contributed by atoms with Gasteiger partial charge in [0.1, 0.15) is 0 Å². The zero-order valence-electron chi connectivity index (χ0n) is 10.4. The molecule has 0 N–H and O–H groups in total. The van der Waals surface area contributed by atoms with Crippen LogP contribution in [0, 0.1) is 17.2 Å². The van der Waals surface area contributed by atoms with Gasteiger partial charge in [0.15, 0.2) is 0 Å². The summed E-state index contributed by atoms with van der Waals surface area (Å²) in [6, 6.07) is 9.56. The first kappa shape index (κ1) is 12.4. The van der Waals surface area contributed by atoms with Gasteiger partial charge >= 0.3 is 5.97 Å². The molecule has 1 atom stereocenters. The van der Waals surface area contributed by atoms with Crippen LogP contribution in [0.25, 0.3) is 0 Å². The monoisotopic (exact) mass is 244 g/mol. The van der Waals surface area contributed by atoms with Crippen LogP contribution in [-0.4, -0.2) is 26.2 Å². The molecule has 94 valence electrons. The number of benzene rings is 1. The molecule has 1 aliphatic heterocycles. The van der Waals surface area contributed by atoms with Crippen LogP contribution in [-0.2, 0) is 9.53 Å². The minimum atomic E-state index is -0.131. The smallest absolute Gasteiger partial charge is 0.310 e. The second-order valence-corrected chi connectivity index (χ2v) is 4.47. The van der Waals surface area contributed by atoms with E-state index in [9.17, 15) is 4.79 Å². The predicted octanol–water partition coefficient (Wildman–Crippen LogP) is 1.95. The molecule has 1 aromatic rings. The molecule has 1 heterocycles. The maximum absolute atomic E-state index is 11.6. The van der Waals surface area contributed by atoms with E-state index in [1.54, 1.807) is 12.1 Å². The zero-order valence-corrected chi connectivity index (χ0v) is 10.4. The van der Waals surface area contributed by atoms with E-state index in [0.29, 0.717) is 12.1 Å². The first-order chi connectivity index (χ1) is 8.74. The van der Waals surface area contributed by atoms with E-state index >= 15 is 0 Å². The van der Waals surface area contributed by atoms with Crippen molar-refractivity contribution in [3.63, 3.8) is 0 Å². The summed E-state index contributed by atoms with van der Waals surface area (Å²) in [5, 5.41) is 8.76. The van der Waals surface area contributed by atoms with Gasteiger partial charge in [-0.2, -0.15) is 5.26 Å². The average Bonchev–Trinajstić information content (AvgIpc) is 2.46. The molecule has 2 rings (SSSR count). The second-order valence-electron chi connectivity index (χ2n) is 4.47. The van der Waals surface area contributed by atoms with E-state index in [1.165, 1.54) is 7.11 Å². The Morgan fingerprint density at radius 1 is 1.44 bits per heavy atom. The quantitative estimate of drug-likeness (QED) is 0.746. The minimum Gasteiger partial charge on any atom is -0.469 e. The Morgan fingerprint density at radius 3 is 2.78 bits per heavy atom. The summed E-state index contributed by atoms with van der Waals surface area (Å²) in [5.74, 6) is -0.173. The van der Waals surface area contributed by atoms with Crippen LogP contribution in [0.3, 0.4) is 0 Å². The minimum absolute atomic E-state index is 0.0422. The van der Waals surface area contributed by atoms with Crippen molar-refractivity contribution < 1.29 is 9.53 Å². The normalized spacial score (nSPS) is 19.1. The van der Waals surface area contributed by atoms with Crippen molar-refractivity contribution in [2.24, 2.45) is 5.92 Å². The topological polar surface area (TPSA) is 53.3 Å². The molecule has 1 unspecified atom stereocenters. The molecule has 0 amide bonds. The molecule has 1 aliphatic rings. The van der Waals surface area contributed by atoms with Crippen molar-refractivity contribution in [1.82, 2.24) is 0 Å². The molecule has 0 radical (unpaired) electrons. The fourth-order valence-corrected chi connectivity index (χ4v) is 2.32. The fourth-order valence-electron chi connectivity index (χ4n) is 2.32. The zero-order chi connectivity index (χ0) is 13.0. The Labute approximate surface area is 107 Å². The molecule has 0 bridgehead atoms. The summed E-state index contributed by atoms with van der Waals surface area (Å²) in [6.45, 7) is 1.64. The van der Waals surface area contributed by atoms with Crippen LogP contribution in [0.2, 0.25) is 0 Å². The van der Waals surface area contributed by atoms with E-state index in [-0.39, 0.29) is 11.9 Å². The number of rotatable bonds is 2. The standard InChI is InChI=1S/C14H16N2O2/c1-18-14(17)12-3-2-8-16(10-12)13-6-4-11(9-15)5-7-13/h4-7,12H,2-3,8,10H2,1H3. The second kappa shape index (κ2) is 5.54. The van der Waals surface area contributed by atoms with Crippen molar-refractivity contribution in [3.8, 4) is 6.07 Å². The molecule has 1 aromatic carbocycles. The highest BCUT2D eigenvalue weighted by molar-refractivity contribution is 5.73. The number of anilines is 1. The molecule has 0 aliphatic carbocycles. The molecule has 0 aromatic heterocycles. The van der Waals surface area contributed by atoms with Gasteiger partial charge in [-0.15, -0.1) is 0 Å². The number of piperidine rings is 1. The van der Waals surface area contributed by atoms with Gasteiger partial charge in [0.2, 0.25) is 0 Å². The predicted molar refractivity (Wildman–Crippen MR) is 68.1 cm³/mol. The number of nitriles is 1. The van der Waals surface area contributed by atoms with Crippen LogP contribution in [0.15, 0.2) is 24.3 Å². The van der Waals surface area contributed by atoms with Gasteiger partial charge < -0.3 is 9.64 Å². The average molecular weight is 244 g/mol. The number of ether oxygens (including phenoxy) is 1. The van der Waals surface area contributed by atoms with Crippen LogP contribution >= 0.6 is 0 Å². The molecule has 4 heteroatoms. The number of hydrogen-bond donors (Lipinski definition) is 0. The van der Waals surface area contributed by atoms with Gasteiger partial charge in [-0.25, -0.2) is 0 Å². The number of carbonyl (C=O) groups excluding carboxylic acids is 1. The maximum Gasteiger partial charge on any atom is 0.310 e. The summed E-state index contributed by atoms with van der Waals surface area (Å²) in [7, 11) is 1.43. The Morgan fingerprint density at radius 2 is 2.17 bits per heavy atom. The Balaban J connectivity index is 2.08. The molecule has 18 heavy (non-hydrogen) atoms. The molecule has 1 fully saturated rings. The van der Waals surface area contributed by atoms with Crippen LogP contribution in [0.4, 0.5) is 5.69 Å².